The van der Waals surface area contributed by atoms with Gasteiger partial charge < -0.3 is 5.32 Å². The van der Waals surface area contributed by atoms with Crippen molar-refractivity contribution in [3.05, 3.63) is 56.3 Å². The van der Waals surface area contributed by atoms with E-state index < -0.39 is 0 Å². The quantitative estimate of drug-likeness (QED) is 0.598. The normalized spacial score (nSPS) is 12.2. The molecule has 0 saturated heterocycles. The van der Waals surface area contributed by atoms with Crippen molar-refractivity contribution in [2.75, 3.05) is 5.32 Å². The fraction of sp³-hybridized carbons (Fsp3) is 0.154. The average molecular weight is 403 g/mol. The standard InChI is InChI=1S/C13H12BrIN2/c1-9(10-2-4-11(15)5-3-10)17-12-6-7-13(14)16-8-12/h2-9,17H,1H3. The second-order valence-electron chi connectivity index (χ2n) is 3.79. The van der Waals surface area contributed by atoms with Gasteiger partial charge in [0.2, 0.25) is 0 Å². The first-order valence-electron chi connectivity index (χ1n) is 5.29. The largest absolute Gasteiger partial charge is 0.377 e. The summed E-state index contributed by atoms with van der Waals surface area (Å²) in [6.45, 7) is 2.14. The molecular weight excluding hydrogens is 391 g/mol. The lowest BCUT2D eigenvalue weighted by Crippen LogP contribution is -2.06. The van der Waals surface area contributed by atoms with Crippen LogP contribution in [0.15, 0.2) is 47.2 Å². The highest BCUT2D eigenvalue weighted by atomic mass is 127. The number of anilines is 1. The number of pyridine rings is 1. The van der Waals surface area contributed by atoms with E-state index in [1.807, 2.05) is 18.3 Å². The van der Waals surface area contributed by atoms with Gasteiger partial charge in [-0.2, -0.15) is 0 Å². The lowest BCUT2D eigenvalue weighted by Gasteiger charge is -2.15. The zero-order chi connectivity index (χ0) is 12.3. The van der Waals surface area contributed by atoms with Gasteiger partial charge in [0.15, 0.2) is 0 Å². The van der Waals surface area contributed by atoms with Crippen molar-refractivity contribution in [3.63, 3.8) is 0 Å². The van der Waals surface area contributed by atoms with Crippen LogP contribution in [-0.4, -0.2) is 4.98 Å². The molecular formula is C13H12BrIN2. The predicted octanol–water partition coefficient (Wildman–Crippen LogP) is 4.62. The zero-order valence-electron chi connectivity index (χ0n) is 9.32. The molecule has 1 atom stereocenters. The SMILES string of the molecule is CC(Nc1ccc(Br)nc1)c1ccc(I)cc1. The highest BCUT2D eigenvalue weighted by molar-refractivity contribution is 14.1. The summed E-state index contributed by atoms with van der Waals surface area (Å²) < 4.78 is 2.11. The molecule has 0 spiro atoms. The molecule has 1 unspecified atom stereocenters. The maximum absolute atomic E-state index is 4.19. The Balaban J connectivity index is 2.08. The third-order valence-corrected chi connectivity index (χ3v) is 3.67. The Morgan fingerprint density at radius 3 is 2.47 bits per heavy atom. The van der Waals surface area contributed by atoms with Crippen LogP contribution in [0.4, 0.5) is 5.69 Å². The van der Waals surface area contributed by atoms with Gasteiger partial charge in [0.25, 0.3) is 0 Å². The molecule has 4 heteroatoms. The van der Waals surface area contributed by atoms with Crippen molar-refractivity contribution in [2.45, 2.75) is 13.0 Å². The van der Waals surface area contributed by atoms with E-state index in [0.717, 1.165) is 10.3 Å². The summed E-state index contributed by atoms with van der Waals surface area (Å²) in [5.74, 6) is 0. The Hall–Kier alpha value is -0.620. The first-order chi connectivity index (χ1) is 8.15. The van der Waals surface area contributed by atoms with Crippen molar-refractivity contribution < 1.29 is 0 Å². The lowest BCUT2D eigenvalue weighted by molar-refractivity contribution is 0.882. The summed E-state index contributed by atoms with van der Waals surface area (Å²) in [6, 6.07) is 12.7. The van der Waals surface area contributed by atoms with Gasteiger partial charge in [-0.15, -0.1) is 0 Å². The summed E-state index contributed by atoms with van der Waals surface area (Å²) in [7, 11) is 0. The molecule has 17 heavy (non-hydrogen) atoms. The van der Waals surface area contributed by atoms with Crippen LogP contribution >= 0.6 is 38.5 Å². The van der Waals surface area contributed by atoms with Crippen molar-refractivity contribution in [1.29, 1.82) is 0 Å². The van der Waals surface area contributed by atoms with Gasteiger partial charge in [0.1, 0.15) is 4.60 Å². The minimum atomic E-state index is 0.273. The van der Waals surface area contributed by atoms with E-state index in [1.165, 1.54) is 9.13 Å². The first-order valence-corrected chi connectivity index (χ1v) is 7.16. The van der Waals surface area contributed by atoms with Crippen molar-refractivity contribution in [1.82, 2.24) is 4.98 Å². The highest BCUT2D eigenvalue weighted by Crippen LogP contribution is 2.20. The maximum Gasteiger partial charge on any atom is 0.106 e. The number of benzene rings is 1. The van der Waals surface area contributed by atoms with Gasteiger partial charge in [-0.1, -0.05) is 12.1 Å². The summed E-state index contributed by atoms with van der Waals surface area (Å²) in [5.41, 5.74) is 2.30. The molecule has 1 N–H and O–H groups in total. The van der Waals surface area contributed by atoms with Crippen LogP contribution in [0.3, 0.4) is 0 Å². The van der Waals surface area contributed by atoms with E-state index in [1.54, 1.807) is 0 Å². The Bertz CT molecular complexity index is 482. The molecule has 0 aliphatic rings. The fourth-order valence-electron chi connectivity index (χ4n) is 1.55. The molecule has 2 nitrogen and oxygen atoms in total. The number of hydrogen-bond acceptors (Lipinski definition) is 2. The third kappa shape index (κ3) is 3.67. The molecule has 1 aromatic carbocycles. The van der Waals surface area contributed by atoms with E-state index in [2.05, 4.69) is 80.0 Å². The van der Waals surface area contributed by atoms with Crippen LogP contribution in [0.1, 0.15) is 18.5 Å². The van der Waals surface area contributed by atoms with Crippen molar-refractivity contribution in [3.8, 4) is 0 Å². The Morgan fingerprint density at radius 2 is 1.88 bits per heavy atom. The molecule has 0 fully saturated rings. The van der Waals surface area contributed by atoms with Crippen LogP contribution in [0.25, 0.3) is 0 Å². The Morgan fingerprint density at radius 1 is 1.18 bits per heavy atom. The molecule has 0 aliphatic carbocycles. The van der Waals surface area contributed by atoms with Gasteiger partial charge in [0, 0.05) is 9.61 Å². The molecule has 2 rings (SSSR count). The van der Waals surface area contributed by atoms with Crippen LogP contribution < -0.4 is 5.32 Å². The maximum atomic E-state index is 4.19. The van der Waals surface area contributed by atoms with Gasteiger partial charge in [-0.25, -0.2) is 4.98 Å². The molecule has 2 aromatic rings. The number of nitrogens with zero attached hydrogens (tertiary/aromatic N) is 1. The number of halogens is 2. The van der Waals surface area contributed by atoms with Gasteiger partial charge in [0.05, 0.1) is 11.9 Å². The van der Waals surface area contributed by atoms with Crippen molar-refractivity contribution in [2.24, 2.45) is 0 Å². The second-order valence-corrected chi connectivity index (χ2v) is 5.85. The number of rotatable bonds is 3. The number of aromatic nitrogens is 1. The molecule has 1 heterocycles. The molecule has 88 valence electrons. The average Bonchev–Trinajstić information content (AvgIpc) is 2.33. The van der Waals surface area contributed by atoms with E-state index in [-0.39, 0.29) is 6.04 Å². The summed E-state index contributed by atoms with van der Waals surface area (Å²) in [6.07, 6.45) is 1.83. The van der Waals surface area contributed by atoms with E-state index >= 15 is 0 Å². The molecule has 1 aromatic heterocycles. The summed E-state index contributed by atoms with van der Waals surface area (Å²) in [5, 5.41) is 3.42. The molecule has 0 bridgehead atoms. The fourth-order valence-corrected chi connectivity index (χ4v) is 2.14. The Labute approximate surface area is 123 Å². The predicted molar refractivity (Wildman–Crippen MR) is 83.1 cm³/mol. The lowest BCUT2D eigenvalue weighted by atomic mass is 10.1. The minimum absolute atomic E-state index is 0.273. The zero-order valence-corrected chi connectivity index (χ0v) is 13.1. The van der Waals surface area contributed by atoms with Crippen LogP contribution in [0.2, 0.25) is 0 Å². The molecule has 0 saturated carbocycles. The van der Waals surface area contributed by atoms with Gasteiger partial charge >= 0.3 is 0 Å². The summed E-state index contributed by atoms with van der Waals surface area (Å²) >= 11 is 5.64. The van der Waals surface area contributed by atoms with Gasteiger partial charge in [-0.05, 0) is 75.3 Å². The monoisotopic (exact) mass is 402 g/mol. The minimum Gasteiger partial charge on any atom is -0.377 e. The topological polar surface area (TPSA) is 24.9 Å². The van der Waals surface area contributed by atoms with E-state index in [4.69, 9.17) is 0 Å². The number of hydrogen-bond donors (Lipinski definition) is 1. The smallest absolute Gasteiger partial charge is 0.106 e. The van der Waals surface area contributed by atoms with Gasteiger partial charge in [-0.3, -0.25) is 0 Å². The highest BCUT2D eigenvalue weighted by Gasteiger charge is 2.04. The van der Waals surface area contributed by atoms with Crippen LogP contribution in [-0.2, 0) is 0 Å². The van der Waals surface area contributed by atoms with Crippen LogP contribution in [0, 0.1) is 3.57 Å². The summed E-state index contributed by atoms with van der Waals surface area (Å²) in [4.78, 5) is 4.19. The van der Waals surface area contributed by atoms with Crippen molar-refractivity contribution >= 4 is 44.2 Å². The molecule has 0 radical (unpaired) electrons. The molecule has 0 aliphatic heterocycles. The number of nitrogens with one attached hydrogen (secondary N) is 1. The molecule has 0 amide bonds. The third-order valence-electron chi connectivity index (χ3n) is 2.48. The van der Waals surface area contributed by atoms with Crippen LogP contribution in [0.5, 0.6) is 0 Å². The Kier molecular flexibility index (Phi) is 4.39. The van der Waals surface area contributed by atoms with E-state index in [9.17, 15) is 0 Å². The van der Waals surface area contributed by atoms with E-state index in [0.29, 0.717) is 0 Å². The second kappa shape index (κ2) is 5.82. The first kappa shape index (κ1) is 12.8.